The molecule has 6 rings (SSSR count). The van der Waals surface area contributed by atoms with Gasteiger partial charge in [-0.2, -0.15) is 4.57 Å². The number of hydrogen-bond acceptors (Lipinski definition) is 5. The van der Waals surface area contributed by atoms with Gasteiger partial charge >= 0.3 is 0 Å². The van der Waals surface area contributed by atoms with Gasteiger partial charge in [0.15, 0.2) is 12.2 Å². The topological polar surface area (TPSA) is 76.0 Å². The van der Waals surface area contributed by atoms with Crippen molar-refractivity contribution in [2.45, 2.75) is 57.2 Å². The molecule has 2 aliphatic carbocycles. The van der Waals surface area contributed by atoms with Crippen LogP contribution in [-0.4, -0.2) is 27.3 Å². The van der Waals surface area contributed by atoms with E-state index in [0.29, 0.717) is 17.7 Å². The quantitative estimate of drug-likeness (QED) is 0.606. The molecule has 3 aliphatic rings. The van der Waals surface area contributed by atoms with Crippen LogP contribution in [-0.2, 0) is 19.5 Å². The standard InChI is InChI=1S/C24H25N5OS/c25-24(30)21-10-19(23-13-29(14-31-23)17-3-4-17)18-6-8-28(12-22(18)27-21)11-15-5-7-26-20(9-15)16-1-2-16/h5,7,9-10,13-14,16-17H,1-4,6,8,11-12H2,(H-,25,30)/p+1. The molecule has 2 saturated carbocycles. The second-order valence-corrected chi connectivity index (χ2v) is 9.95. The highest BCUT2D eigenvalue weighted by Crippen LogP contribution is 2.39. The largest absolute Gasteiger partial charge is 0.364 e. The van der Waals surface area contributed by atoms with Crippen LogP contribution in [0.25, 0.3) is 10.4 Å². The fraction of sp³-hybridized carbons (Fsp3) is 0.417. The predicted molar refractivity (Wildman–Crippen MR) is 119 cm³/mol. The van der Waals surface area contributed by atoms with Crippen molar-refractivity contribution in [3.63, 3.8) is 0 Å². The molecule has 1 amide bonds. The fourth-order valence-corrected chi connectivity index (χ4v) is 5.50. The lowest BCUT2D eigenvalue weighted by atomic mass is 9.96. The number of fused-ring (bicyclic) bond motifs is 1. The molecular weight excluding hydrogens is 406 g/mol. The van der Waals surface area contributed by atoms with Crippen LogP contribution in [0.3, 0.4) is 0 Å². The Balaban J connectivity index is 1.29. The molecule has 0 atom stereocenters. The van der Waals surface area contributed by atoms with Crippen LogP contribution >= 0.6 is 11.3 Å². The molecule has 0 unspecified atom stereocenters. The maximum Gasteiger partial charge on any atom is 0.267 e. The number of rotatable bonds is 6. The van der Waals surface area contributed by atoms with E-state index in [2.05, 4.69) is 43.3 Å². The zero-order chi connectivity index (χ0) is 20.9. The van der Waals surface area contributed by atoms with E-state index in [4.69, 9.17) is 5.73 Å². The Kier molecular flexibility index (Phi) is 4.61. The molecule has 0 bridgehead atoms. The van der Waals surface area contributed by atoms with Gasteiger partial charge in [0.1, 0.15) is 10.6 Å². The van der Waals surface area contributed by atoms with E-state index >= 15 is 0 Å². The molecule has 7 heteroatoms. The summed E-state index contributed by atoms with van der Waals surface area (Å²) in [5, 5.41) is 0. The first-order valence-corrected chi connectivity index (χ1v) is 12.0. The first-order valence-electron chi connectivity index (χ1n) is 11.1. The van der Waals surface area contributed by atoms with Crippen LogP contribution < -0.4 is 10.3 Å². The summed E-state index contributed by atoms with van der Waals surface area (Å²) in [6.45, 7) is 2.59. The summed E-state index contributed by atoms with van der Waals surface area (Å²) in [4.78, 5) is 24.8. The van der Waals surface area contributed by atoms with Crippen molar-refractivity contribution in [3.05, 3.63) is 64.3 Å². The van der Waals surface area contributed by atoms with Crippen molar-refractivity contribution >= 4 is 17.2 Å². The average Bonchev–Trinajstić information content (AvgIpc) is 3.71. The van der Waals surface area contributed by atoms with E-state index in [1.807, 2.05) is 12.3 Å². The SMILES string of the molecule is NC(=O)c1cc(-c2c[n+](C3CC3)cs2)c2c(n1)CN(Cc1ccnc(C3CC3)c1)CC2. The molecule has 0 radical (unpaired) electrons. The normalized spacial score (nSPS) is 18.7. The Bertz CT molecular complexity index is 1160. The van der Waals surface area contributed by atoms with Gasteiger partial charge in [0.25, 0.3) is 5.91 Å². The smallest absolute Gasteiger partial charge is 0.267 e. The van der Waals surface area contributed by atoms with Gasteiger partial charge in [-0.15, -0.1) is 0 Å². The Morgan fingerprint density at radius 1 is 1.26 bits per heavy atom. The number of thiazole rings is 1. The first-order chi connectivity index (χ1) is 15.1. The third kappa shape index (κ3) is 3.88. The van der Waals surface area contributed by atoms with Gasteiger partial charge < -0.3 is 5.73 Å². The minimum atomic E-state index is -0.462. The van der Waals surface area contributed by atoms with Crippen molar-refractivity contribution < 1.29 is 9.36 Å². The van der Waals surface area contributed by atoms with Crippen LogP contribution in [0.4, 0.5) is 0 Å². The van der Waals surface area contributed by atoms with Gasteiger partial charge in [0.2, 0.25) is 5.51 Å². The Hall–Kier alpha value is -2.64. The van der Waals surface area contributed by atoms with Crippen LogP contribution in [0.5, 0.6) is 0 Å². The lowest BCUT2D eigenvalue weighted by Crippen LogP contribution is -2.32. The molecule has 6 nitrogen and oxygen atoms in total. The van der Waals surface area contributed by atoms with E-state index in [1.165, 1.54) is 47.4 Å². The number of pyridine rings is 2. The van der Waals surface area contributed by atoms with Gasteiger partial charge in [-0.3, -0.25) is 14.7 Å². The lowest BCUT2D eigenvalue weighted by Gasteiger charge is -2.29. The van der Waals surface area contributed by atoms with E-state index in [9.17, 15) is 4.79 Å². The molecule has 31 heavy (non-hydrogen) atoms. The molecule has 4 heterocycles. The second kappa shape index (κ2) is 7.50. The highest BCUT2D eigenvalue weighted by atomic mass is 32.1. The second-order valence-electron chi connectivity index (χ2n) is 9.06. The Morgan fingerprint density at radius 2 is 2.13 bits per heavy atom. The van der Waals surface area contributed by atoms with E-state index in [-0.39, 0.29) is 0 Å². The average molecular weight is 433 g/mol. The molecule has 0 saturated heterocycles. The molecule has 0 spiro atoms. The molecule has 2 N–H and O–H groups in total. The summed E-state index contributed by atoms with van der Waals surface area (Å²) < 4.78 is 2.31. The summed E-state index contributed by atoms with van der Waals surface area (Å²) in [6, 6.07) is 6.91. The monoisotopic (exact) mass is 432 g/mol. The van der Waals surface area contributed by atoms with Crippen molar-refractivity contribution in [3.8, 4) is 10.4 Å². The first kappa shape index (κ1) is 19.1. The van der Waals surface area contributed by atoms with Crippen molar-refractivity contribution in [2.75, 3.05) is 6.54 Å². The predicted octanol–water partition coefficient (Wildman–Crippen LogP) is 3.36. The number of carbonyl (C=O) groups is 1. The summed E-state index contributed by atoms with van der Waals surface area (Å²) in [6.07, 6.45) is 10.1. The Labute approximate surface area is 185 Å². The van der Waals surface area contributed by atoms with E-state index in [0.717, 1.165) is 37.3 Å². The minimum Gasteiger partial charge on any atom is -0.364 e. The molecule has 3 aromatic heterocycles. The third-order valence-electron chi connectivity index (χ3n) is 6.56. The van der Waals surface area contributed by atoms with Crippen molar-refractivity contribution in [1.82, 2.24) is 14.9 Å². The van der Waals surface area contributed by atoms with E-state index in [1.54, 1.807) is 11.3 Å². The van der Waals surface area contributed by atoms with Crippen molar-refractivity contribution in [1.29, 1.82) is 0 Å². The van der Waals surface area contributed by atoms with Gasteiger partial charge in [-0.05, 0) is 48.6 Å². The van der Waals surface area contributed by atoms with Crippen LogP contribution in [0.2, 0.25) is 0 Å². The molecular formula is C24H26N5OS+. The number of aromatic nitrogens is 3. The van der Waals surface area contributed by atoms with Crippen LogP contribution in [0.15, 0.2) is 36.1 Å². The molecule has 158 valence electrons. The highest BCUT2D eigenvalue weighted by molar-refractivity contribution is 7.12. The van der Waals surface area contributed by atoms with Gasteiger partial charge in [-0.1, -0.05) is 11.3 Å². The van der Waals surface area contributed by atoms with Gasteiger partial charge in [0.05, 0.1) is 5.69 Å². The van der Waals surface area contributed by atoms with Gasteiger partial charge in [-0.25, -0.2) is 4.98 Å². The number of hydrogen-bond donors (Lipinski definition) is 1. The Morgan fingerprint density at radius 3 is 2.90 bits per heavy atom. The van der Waals surface area contributed by atoms with Crippen molar-refractivity contribution in [2.24, 2.45) is 5.73 Å². The number of carbonyl (C=O) groups excluding carboxylic acids is 1. The highest BCUT2D eigenvalue weighted by Gasteiger charge is 2.33. The zero-order valence-corrected chi connectivity index (χ0v) is 18.3. The van der Waals surface area contributed by atoms with E-state index < -0.39 is 5.91 Å². The maximum atomic E-state index is 12.0. The molecule has 2 fully saturated rings. The number of primary amides is 1. The number of nitrogens with zero attached hydrogens (tertiary/aromatic N) is 4. The summed E-state index contributed by atoms with van der Waals surface area (Å²) >= 11 is 1.74. The molecule has 1 aliphatic heterocycles. The van der Waals surface area contributed by atoms with Crippen LogP contribution in [0.1, 0.15) is 70.6 Å². The summed E-state index contributed by atoms with van der Waals surface area (Å²) in [5.41, 5.74) is 14.1. The fourth-order valence-electron chi connectivity index (χ4n) is 4.54. The molecule has 3 aromatic rings. The maximum absolute atomic E-state index is 12.0. The number of nitrogens with two attached hydrogens (primary N) is 1. The minimum absolute atomic E-state index is 0.363. The summed E-state index contributed by atoms with van der Waals surface area (Å²) in [7, 11) is 0. The third-order valence-corrected chi connectivity index (χ3v) is 7.49. The molecule has 0 aromatic carbocycles. The summed E-state index contributed by atoms with van der Waals surface area (Å²) in [5.74, 6) is 0.199. The number of amides is 1. The lowest BCUT2D eigenvalue weighted by molar-refractivity contribution is -0.695. The zero-order valence-electron chi connectivity index (χ0n) is 17.5. The van der Waals surface area contributed by atoms with Crippen LogP contribution in [0, 0.1) is 0 Å². The van der Waals surface area contributed by atoms with Gasteiger partial charge in [0, 0.05) is 55.8 Å².